The third-order valence-corrected chi connectivity index (χ3v) is 5.01. The highest BCUT2D eigenvalue weighted by atomic mass is 16.5. The fraction of sp³-hybridized carbons (Fsp3) is 0.333. The van der Waals surface area contributed by atoms with Gasteiger partial charge in [-0.2, -0.15) is 0 Å². The van der Waals surface area contributed by atoms with Gasteiger partial charge in [0.05, 0.1) is 37.0 Å². The fourth-order valence-electron chi connectivity index (χ4n) is 3.63. The summed E-state index contributed by atoms with van der Waals surface area (Å²) in [5.74, 6) is -0.615. The number of aliphatic hydroxyl groups excluding tert-OH is 1. The quantitative estimate of drug-likeness (QED) is 0.396. The van der Waals surface area contributed by atoms with Gasteiger partial charge in [0, 0.05) is 13.7 Å². The normalized spacial score (nSPS) is 18.0. The van der Waals surface area contributed by atoms with E-state index in [0.717, 1.165) is 0 Å². The second-order valence-corrected chi connectivity index (χ2v) is 7.42. The van der Waals surface area contributed by atoms with Crippen LogP contribution in [0.4, 0.5) is 0 Å². The highest BCUT2D eigenvalue weighted by Gasteiger charge is 2.46. The summed E-state index contributed by atoms with van der Waals surface area (Å²) >= 11 is 0. The second kappa shape index (κ2) is 9.66. The van der Waals surface area contributed by atoms with E-state index in [-0.39, 0.29) is 30.6 Å². The summed E-state index contributed by atoms with van der Waals surface area (Å²) < 4.78 is 16.2. The molecule has 1 aliphatic rings. The zero-order valence-corrected chi connectivity index (χ0v) is 18.1. The summed E-state index contributed by atoms with van der Waals surface area (Å²) in [4.78, 5) is 27.2. The van der Waals surface area contributed by atoms with Gasteiger partial charge in [-0.1, -0.05) is 24.3 Å². The molecule has 31 heavy (non-hydrogen) atoms. The van der Waals surface area contributed by atoms with Crippen molar-refractivity contribution < 1.29 is 28.9 Å². The van der Waals surface area contributed by atoms with E-state index in [2.05, 4.69) is 0 Å². The molecule has 1 atom stereocenters. The van der Waals surface area contributed by atoms with E-state index in [1.807, 2.05) is 13.8 Å². The molecule has 2 aromatic rings. The average molecular weight is 425 g/mol. The van der Waals surface area contributed by atoms with Crippen LogP contribution in [0.5, 0.6) is 11.5 Å². The first kappa shape index (κ1) is 22.4. The molecule has 1 fully saturated rings. The van der Waals surface area contributed by atoms with Crippen molar-refractivity contribution >= 4 is 17.4 Å². The number of amides is 1. The predicted molar refractivity (Wildman–Crippen MR) is 116 cm³/mol. The zero-order chi connectivity index (χ0) is 22.5. The van der Waals surface area contributed by atoms with E-state index in [4.69, 9.17) is 14.2 Å². The highest BCUT2D eigenvalue weighted by molar-refractivity contribution is 6.46. The molecule has 0 spiro atoms. The van der Waals surface area contributed by atoms with Gasteiger partial charge >= 0.3 is 0 Å². The molecule has 1 amide bonds. The Morgan fingerprint density at radius 3 is 2.35 bits per heavy atom. The Morgan fingerprint density at radius 2 is 1.74 bits per heavy atom. The van der Waals surface area contributed by atoms with Gasteiger partial charge in [-0.15, -0.1) is 0 Å². The van der Waals surface area contributed by atoms with Crippen LogP contribution in [0.15, 0.2) is 54.1 Å². The molecule has 1 heterocycles. The van der Waals surface area contributed by atoms with Crippen molar-refractivity contribution in [1.29, 1.82) is 0 Å². The monoisotopic (exact) mass is 425 g/mol. The Hall–Kier alpha value is -3.32. The highest BCUT2D eigenvalue weighted by Crippen LogP contribution is 2.41. The number of aliphatic hydroxyl groups is 1. The standard InChI is InChI=1S/C24H27NO6/c1-15(2)31-17-11-9-16(10-12-17)21-20(23(27)24(28)25(21)13-14-29-3)22(26)18-7-5-6-8-19(18)30-4/h5-12,15,21,26H,13-14H2,1-4H3/b22-20-. The smallest absolute Gasteiger partial charge is 0.295 e. The topological polar surface area (TPSA) is 85.3 Å². The second-order valence-electron chi connectivity index (χ2n) is 7.42. The summed E-state index contributed by atoms with van der Waals surface area (Å²) in [6.45, 7) is 4.33. The molecule has 1 unspecified atom stereocenters. The Morgan fingerprint density at radius 1 is 1.06 bits per heavy atom. The van der Waals surface area contributed by atoms with Crippen LogP contribution >= 0.6 is 0 Å². The minimum atomic E-state index is -0.756. The number of carbonyl (C=O) groups excluding carboxylic acids is 2. The Bertz CT molecular complexity index is 980. The van der Waals surface area contributed by atoms with E-state index >= 15 is 0 Å². The number of ether oxygens (including phenoxy) is 3. The summed E-state index contributed by atoms with van der Waals surface area (Å²) in [6, 6.07) is 13.2. The molecule has 164 valence electrons. The first-order valence-electron chi connectivity index (χ1n) is 10.1. The van der Waals surface area contributed by atoms with Crippen molar-refractivity contribution in [2.24, 2.45) is 0 Å². The number of Topliss-reactive ketones (excluding diaryl/α,β-unsaturated/α-hetero) is 1. The molecule has 0 aromatic heterocycles. The third-order valence-electron chi connectivity index (χ3n) is 5.01. The predicted octanol–water partition coefficient (Wildman–Crippen LogP) is 3.55. The van der Waals surface area contributed by atoms with Crippen molar-refractivity contribution in [3.63, 3.8) is 0 Å². The molecule has 2 aromatic carbocycles. The van der Waals surface area contributed by atoms with Gasteiger partial charge < -0.3 is 24.2 Å². The lowest BCUT2D eigenvalue weighted by Crippen LogP contribution is -2.32. The van der Waals surface area contributed by atoms with E-state index in [9.17, 15) is 14.7 Å². The molecule has 0 bridgehead atoms. The van der Waals surface area contributed by atoms with Crippen LogP contribution < -0.4 is 9.47 Å². The molecular weight excluding hydrogens is 398 g/mol. The number of hydrogen-bond acceptors (Lipinski definition) is 6. The van der Waals surface area contributed by atoms with Gasteiger partial charge in [0.2, 0.25) is 0 Å². The van der Waals surface area contributed by atoms with E-state index in [0.29, 0.717) is 22.6 Å². The van der Waals surface area contributed by atoms with Gasteiger partial charge in [-0.25, -0.2) is 0 Å². The maximum Gasteiger partial charge on any atom is 0.295 e. The minimum absolute atomic E-state index is 0.0168. The Balaban J connectivity index is 2.13. The molecule has 7 nitrogen and oxygen atoms in total. The van der Waals surface area contributed by atoms with Crippen LogP contribution in [-0.2, 0) is 14.3 Å². The van der Waals surface area contributed by atoms with Crippen molar-refractivity contribution in [3.8, 4) is 11.5 Å². The van der Waals surface area contributed by atoms with Crippen molar-refractivity contribution in [2.75, 3.05) is 27.4 Å². The number of carbonyl (C=O) groups is 2. The summed E-state index contributed by atoms with van der Waals surface area (Å²) in [6.07, 6.45) is 0.0173. The maximum atomic E-state index is 13.0. The molecule has 0 saturated carbocycles. The van der Waals surface area contributed by atoms with Crippen molar-refractivity contribution in [1.82, 2.24) is 4.90 Å². The lowest BCUT2D eigenvalue weighted by atomic mass is 9.95. The third kappa shape index (κ3) is 4.56. The number of rotatable bonds is 8. The van der Waals surface area contributed by atoms with E-state index in [1.54, 1.807) is 48.5 Å². The molecular formula is C24H27NO6. The van der Waals surface area contributed by atoms with Crippen LogP contribution in [0.2, 0.25) is 0 Å². The van der Waals surface area contributed by atoms with E-state index < -0.39 is 17.7 Å². The molecule has 0 radical (unpaired) electrons. The lowest BCUT2D eigenvalue weighted by molar-refractivity contribution is -0.140. The molecule has 1 N–H and O–H groups in total. The van der Waals surface area contributed by atoms with Crippen molar-refractivity contribution in [3.05, 3.63) is 65.2 Å². The number of hydrogen-bond donors (Lipinski definition) is 1. The molecule has 7 heteroatoms. The van der Waals surface area contributed by atoms with Crippen LogP contribution in [-0.4, -0.2) is 55.2 Å². The maximum absolute atomic E-state index is 13.0. The van der Waals surface area contributed by atoms with Crippen molar-refractivity contribution in [2.45, 2.75) is 26.0 Å². The largest absolute Gasteiger partial charge is 0.507 e. The fourth-order valence-corrected chi connectivity index (χ4v) is 3.63. The Kier molecular flexibility index (Phi) is 6.97. The summed E-state index contributed by atoms with van der Waals surface area (Å²) in [7, 11) is 3.01. The molecule has 3 rings (SSSR count). The van der Waals surface area contributed by atoms with Crippen LogP contribution in [0, 0.1) is 0 Å². The number of likely N-dealkylation sites (tertiary alicyclic amines) is 1. The minimum Gasteiger partial charge on any atom is -0.507 e. The average Bonchev–Trinajstić information content (AvgIpc) is 3.02. The van der Waals surface area contributed by atoms with Crippen LogP contribution in [0.1, 0.15) is 31.0 Å². The first-order chi connectivity index (χ1) is 14.9. The lowest BCUT2D eigenvalue weighted by Gasteiger charge is -2.25. The van der Waals surface area contributed by atoms with Gasteiger partial charge in [-0.05, 0) is 43.7 Å². The van der Waals surface area contributed by atoms with Gasteiger partial charge in [0.1, 0.15) is 17.3 Å². The van der Waals surface area contributed by atoms with Crippen LogP contribution in [0.25, 0.3) is 5.76 Å². The summed E-state index contributed by atoms with van der Waals surface area (Å²) in [5, 5.41) is 11.1. The Labute approximate surface area is 181 Å². The molecule has 0 aliphatic carbocycles. The van der Waals surface area contributed by atoms with Gasteiger partial charge in [0.25, 0.3) is 11.7 Å². The van der Waals surface area contributed by atoms with E-state index in [1.165, 1.54) is 19.1 Å². The number of benzene rings is 2. The zero-order valence-electron chi connectivity index (χ0n) is 18.1. The van der Waals surface area contributed by atoms with Crippen LogP contribution in [0.3, 0.4) is 0 Å². The van der Waals surface area contributed by atoms with Gasteiger partial charge in [-0.3, -0.25) is 9.59 Å². The number of methoxy groups -OCH3 is 2. The molecule has 1 saturated heterocycles. The number of ketones is 1. The summed E-state index contributed by atoms with van der Waals surface area (Å²) in [5.41, 5.74) is 1.05. The molecule has 1 aliphatic heterocycles. The van der Waals surface area contributed by atoms with Gasteiger partial charge in [0.15, 0.2) is 0 Å². The number of para-hydroxylation sites is 1. The SMILES string of the molecule is COCCN1C(=O)C(=O)/C(=C(\O)c2ccccc2OC)C1c1ccc(OC(C)C)cc1. The number of nitrogens with zero attached hydrogens (tertiary/aromatic N) is 1. The first-order valence-corrected chi connectivity index (χ1v) is 10.1.